The molecule has 0 spiro atoms. The molecular formula is C19H16N2O2. The van der Waals surface area contributed by atoms with Gasteiger partial charge in [0.05, 0.1) is 11.3 Å². The molecular weight excluding hydrogens is 288 g/mol. The number of fused-ring (bicyclic) bond motifs is 2. The number of rotatable bonds is 2. The smallest absolute Gasteiger partial charge is 0.335 e. The number of carbonyl (C=O) groups is 1. The lowest BCUT2D eigenvalue weighted by molar-refractivity contribution is 0.0697. The number of nitrogens with one attached hydrogen (secondary N) is 1. The number of carboxylic acid groups (broad SMARTS) is 1. The third-order valence-electron chi connectivity index (χ3n) is 4.28. The molecule has 4 rings (SSSR count). The van der Waals surface area contributed by atoms with Crippen LogP contribution in [0.4, 0.5) is 5.82 Å². The van der Waals surface area contributed by atoms with Crippen LogP contribution in [0.2, 0.25) is 0 Å². The molecule has 0 atom stereocenters. The van der Waals surface area contributed by atoms with Gasteiger partial charge in [-0.1, -0.05) is 24.3 Å². The largest absolute Gasteiger partial charge is 0.478 e. The highest BCUT2D eigenvalue weighted by Gasteiger charge is 2.11. The molecule has 0 bridgehead atoms. The Kier molecular flexibility index (Phi) is 3.23. The molecule has 0 fully saturated rings. The monoisotopic (exact) mass is 304 g/mol. The van der Waals surface area contributed by atoms with Crippen LogP contribution in [-0.4, -0.2) is 22.6 Å². The predicted molar refractivity (Wildman–Crippen MR) is 90.9 cm³/mol. The topological polar surface area (TPSA) is 62.2 Å². The lowest BCUT2D eigenvalue weighted by atomic mass is 10.0. The van der Waals surface area contributed by atoms with Crippen LogP contribution in [0.5, 0.6) is 0 Å². The lowest BCUT2D eigenvalue weighted by Crippen LogP contribution is -2.13. The van der Waals surface area contributed by atoms with Gasteiger partial charge >= 0.3 is 5.97 Å². The van der Waals surface area contributed by atoms with Crippen LogP contribution in [0.3, 0.4) is 0 Å². The number of pyridine rings is 1. The van der Waals surface area contributed by atoms with E-state index in [9.17, 15) is 4.79 Å². The van der Waals surface area contributed by atoms with Crippen molar-refractivity contribution >= 4 is 22.6 Å². The molecule has 1 aliphatic rings. The van der Waals surface area contributed by atoms with Gasteiger partial charge in [0, 0.05) is 12.1 Å². The van der Waals surface area contributed by atoms with E-state index in [2.05, 4.69) is 23.5 Å². The molecule has 2 aromatic carbocycles. The maximum Gasteiger partial charge on any atom is 0.335 e. The van der Waals surface area contributed by atoms with Gasteiger partial charge in [-0.15, -0.1) is 0 Å². The molecule has 3 aromatic rings. The van der Waals surface area contributed by atoms with Crippen molar-refractivity contribution in [1.82, 2.24) is 4.98 Å². The summed E-state index contributed by atoms with van der Waals surface area (Å²) in [6.07, 6.45) is 2.22. The summed E-state index contributed by atoms with van der Waals surface area (Å²) in [4.78, 5) is 15.8. The third-order valence-corrected chi connectivity index (χ3v) is 4.28. The molecule has 0 aliphatic carbocycles. The van der Waals surface area contributed by atoms with Crippen molar-refractivity contribution in [2.45, 2.75) is 12.8 Å². The van der Waals surface area contributed by atoms with Crippen molar-refractivity contribution in [3.05, 3.63) is 59.7 Å². The van der Waals surface area contributed by atoms with Crippen molar-refractivity contribution in [2.75, 3.05) is 11.9 Å². The molecule has 0 saturated heterocycles. The van der Waals surface area contributed by atoms with Crippen molar-refractivity contribution in [2.24, 2.45) is 0 Å². The third kappa shape index (κ3) is 2.52. The standard InChI is InChI=1S/C19H16N2O2/c22-19(23)16-6-4-13-10-15(5-3-14(13)11-16)17-8-7-12-2-1-9-20-18(12)21-17/h3-8,10-11H,1-2,9H2,(H,20,21)(H,22,23). The van der Waals surface area contributed by atoms with Crippen molar-refractivity contribution in [3.63, 3.8) is 0 Å². The molecule has 1 aliphatic heterocycles. The van der Waals surface area contributed by atoms with E-state index in [-0.39, 0.29) is 0 Å². The number of aromatic carboxylic acids is 1. The summed E-state index contributed by atoms with van der Waals surface area (Å²) in [5, 5.41) is 14.4. The van der Waals surface area contributed by atoms with Gasteiger partial charge < -0.3 is 10.4 Å². The molecule has 0 saturated carbocycles. The van der Waals surface area contributed by atoms with Crippen LogP contribution >= 0.6 is 0 Å². The minimum atomic E-state index is -0.904. The van der Waals surface area contributed by atoms with E-state index in [0.717, 1.165) is 47.2 Å². The van der Waals surface area contributed by atoms with Gasteiger partial charge in [-0.05, 0) is 53.4 Å². The number of anilines is 1. The van der Waals surface area contributed by atoms with Crippen LogP contribution in [0.25, 0.3) is 22.0 Å². The fraction of sp³-hybridized carbons (Fsp3) is 0.158. The van der Waals surface area contributed by atoms with Gasteiger partial charge in [0.15, 0.2) is 0 Å². The molecule has 1 aromatic heterocycles. The summed E-state index contributed by atoms with van der Waals surface area (Å²) in [7, 11) is 0. The van der Waals surface area contributed by atoms with E-state index in [1.165, 1.54) is 5.56 Å². The number of benzene rings is 2. The van der Waals surface area contributed by atoms with Crippen LogP contribution in [0, 0.1) is 0 Å². The SMILES string of the molecule is O=C(O)c1ccc2cc(-c3ccc4c(n3)NCCC4)ccc2c1. The molecule has 2 N–H and O–H groups in total. The number of nitrogens with zero attached hydrogens (tertiary/aromatic N) is 1. The van der Waals surface area contributed by atoms with Crippen molar-refractivity contribution in [3.8, 4) is 11.3 Å². The molecule has 0 radical (unpaired) electrons. The summed E-state index contributed by atoms with van der Waals surface area (Å²) in [5.74, 6) is 0.0773. The Hall–Kier alpha value is -2.88. The number of aryl methyl sites for hydroxylation is 1. The maximum atomic E-state index is 11.1. The first-order valence-electron chi connectivity index (χ1n) is 7.72. The van der Waals surface area contributed by atoms with Gasteiger partial charge in [0.1, 0.15) is 5.82 Å². The number of aromatic nitrogens is 1. The summed E-state index contributed by atoms with van der Waals surface area (Å²) < 4.78 is 0. The Labute approximate surface area is 133 Å². The fourth-order valence-electron chi connectivity index (χ4n) is 3.03. The Morgan fingerprint density at radius 2 is 1.87 bits per heavy atom. The Balaban J connectivity index is 1.77. The number of hydrogen-bond acceptors (Lipinski definition) is 3. The molecule has 4 heteroatoms. The van der Waals surface area contributed by atoms with Crippen molar-refractivity contribution in [1.29, 1.82) is 0 Å². The average Bonchev–Trinajstić information content (AvgIpc) is 2.60. The second-order valence-corrected chi connectivity index (χ2v) is 5.82. The minimum absolute atomic E-state index is 0.307. The molecule has 4 nitrogen and oxygen atoms in total. The van der Waals surface area contributed by atoms with E-state index >= 15 is 0 Å². The van der Waals surface area contributed by atoms with Crippen molar-refractivity contribution < 1.29 is 9.90 Å². The van der Waals surface area contributed by atoms with E-state index in [1.807, 2.05) is 18.2 Å². The van der Waals surface area contributed by atoms with Gasteiger partial charge in [-0.2, -0.15) is 0 Å². The summed E-state index contributed by atoms with van der Waals surface area (Å²) in [6.45, 7) is 0.971. The Morgan fingerprint density at radius 1 is 1.04 bits per heavy atom. The van der Waals surface area contributed by atoms with E-state index in [4.69, 9.17) is 10.1 Å². The molecule has 0 amide bonds. The maximum absolute atomic E-state index is 11.1. The van der Waals surface area contributed by atoms with Crippen LogP contribution in [0.15, 0.2) is 48.5 Å². The zero-order valence-corrected chi connectivity index (χ0v) is 12.5. The van der Waals surface area contributed by atoms with Crippen LogP contribution < -0.4 is 5.32 Å². The van der Waals surface area contributed by atoms with Gasteiger partial charge in [0.2, 0.25) is 0 Å². The minimum Gasteiger partial charge on any atom is -0.478 e. The highest BCUT2D eigenvalue weighted by atomic mass is 16.4. The molecule has 2 heterocycles. The number of hydrogen-bond donors (Lipinski definition) is 2. The molecule has 114 valence electrons. The average molecular weight is 304 g/mol. The summed E-state index contributed by atoms with van der Waals surface area (Å²) in [5.41, 5.74) is 3.55. The van der Waals surface area contributed by atoms with E-state index < -0.39 is 5.97 Å². The fourth-order valence-corrected chi connectivity index (χ4v) is 3.03. The quantitative estimate of drug-likeness (QED) is 0.752. The highest BCUT2D eigenvalue weighted by molar-refractivity contribution is 5.95. The van der Waals surface area contributed by atoms with Gasteiger partial charge in [0.25, 0.3) is 0 Å². The second kappa shape index (κ2) is 5.39. The van der Waals surface area contributed by atoms with Gasteiger partial charge in [-0.3, -0.25) is 0 Å². The summed E-state index contributed by atoms with van der Waals surface area (Å²) in [6, 6.07) is 15.4. The Bertz CT molecular complexity index is 918. The highest BCUT2D eigenvalue weighted by Crippen LogP contribution is 2.27. The van der Waals surface area contributed by atoms with E-state index in [1.54, 1.807) is 12.1 Å². The first-order valence-corrected chi connectivity index (χ1v) is 7.72. The Morgan fingerprint density at radius 3 is 2.74 bits per heavy atom. The zero-order valence-electron chi connectivity index (χ0n) is 12.5. The number of carboxylic acids is 1. The van der Waals surface area contributed by atoms with Crippen LogP contribution in [0.1, 0.15) is 22.3 Å². The normalized spacial score (nSPS) is 13.4. The second-order valence-electron chi connectivity index (χ2n) is 5.82. The lowest BCUT2D eigenvalue weighted by Gasteiger charge is -2.17. The molecule has 23 heavy (non-hydrogen) atoms. The predicted octanol–water partition coefficient (Wildman–Crippen LogP) is 3.96. The van der Waals surface area contributed by atoms with Crippen LogP contribution in [-0.2, 0) is 6.42 Å². The first-order chi connectivity index (χ1) is 11.2. The van der Waals surface area contributed by atoms with Gasteiger partial charge in [-0.25, -0.2) is 9.78 Å². The molecule has 0 unspecified atom stereocenters. The summed E-state index contributed by atoms with van der Waals surface area (Å²) >= 11 is 0. The zero-order chi connectivity index (χ0) is 15.8. The van der Waals surface area contributed by atoms with E-state index in [0.29, 0.717) is 5.56 Å². The first kappa shape index (κ1) is 13.8.